The van der Waals surface area contributed by atoms with Crippen molar-refractivity contribution in [3.8, 4) is 0 Å². The van der Waals surface area contributed by atoms with E-state index in [0.29, 0.717) is 0 Å². The van der Waals surface area contributed by atoms with Crippen molar-refractivity contribution in [1.82, 2.24) is 0 Å². The molecule has 1 aliphatic rings. The summed E-state index contributed by atoms with van der Waals surface area (Å²) in [6.07, 6.45) is 2.17. The molecule has 0 heterocycles. The number of hydrogen-bond donors (Lipinski definition) is 0. The van der Waals surface area contributed by atoms with Gasteiger partial charge in [-0.15, -0.1) is 5.73 Å². The molecule has 1 aliphatic carbocycles. The van der Waals surface area contributed by atoms with Gasteiger partial charge in [0.25, 0.3) is 0 Å². The maximum Gasteiger partial charge on any atom is 0.00183 e. The third-order valence-electron chi connectivity index (χ3n) is 2.16. The second-order valence-electron chi connectivity index (χ2n) is 2.78. The summed E-state index contributed by atoms with van der Waals surface area (Å²) in [5.41, 5.74) is 6.59. The number of aryl methyl sites for hydroxylation is 1. The van der Waals surface area contributed by atoms with Gasteiger partial charge in [-0.05, 0) is 30.5 Å². The minimum atomic E-state index is 1.05. The first kappa shape index (κ1) is 6.45. The highest BCUT2D eigenvalue weighted by Gasteiger charge is 2.13. The third kappa shape index (κ3) is 0.923. The van der Waals surface area contributed by atoms with Crippen LogP contribution in [0.1, 0.15) is 17.5 Å². The maximum atomic E-state index is 5.36. The topological polar surface area (TPSA) is 0 Å². The molecule has 0 saturated heterocycles. The van der Waals surface area contributed by atoms with Crippen LogP contribution >= 0.6 is 0 Å². The SMILES string of the molecule is [CH]=C=C1CCc2ccccc21. The molecular weight excluding hydrogens is 132 g/mol. The lowest BCUT2D eigenvalue weighted by Gasteiger charge is -1.95. The van der Waals surface area contributed by atoms with Crippen LogP contribution < -0.4 is 0 Å². The Morgan fingerprint density at radius 1 is 1.18 bits per heavy atom. The van der Waals surface area contributed by atoms with E-state index in [1.807, 2.05) is 6.07 Å². The summed E-state index contributed by atoms with van der Waals surface area (Å²) in [6.45, 7) is 5.36. The Kier molecular flexibility index (Phi) is 1.41. The largest absolute Gasteiger partial charge is 0.116 e. The van der Waals surface area contributed by atoms with Crippen molar-refractivity contribution in [1.29, 1.82) is 0 Å². The van der Waals surface area contributed by atoms with Gasteiger partial charge >= 0.3 is 0 Å². The van der Waals surface area contributed by atoms with Gasteiger partial charge in [0.2, 0.25) is 0 Å². The van der Waals surface area contributed by atoms with Crippen molar-refractivity contribution in [2.24, 2.45) is 0 Å². The van der Waals surface area contributed by atoms with Gasteiger partial charge in [0, 0.05) is 5.57 Å². The Hall–Kier alpha value is -1.26. The molecule has 1 aromatic rings. The number of rotatable bonds is 0. The Balaban J connectivity index is 2.64. The van der Waals surface area contributed by atoms with Gasteiger partial charge in [-0.3, -0.25) is 0 Å². The molecule has 0 aromatic heterocycles. The summed E-state index contributed by atoms with van der Waals surface area (Å²) in [6, 6.07) is 8.37. The predicted molar refractivity (Wildman–Crippen MR) is 46.0 cm³/mol. The van der Waals surface area contributed by atoms with Crippen molar-refractivity contribution in [2.45, 2.75) is 12.8 Å². The van der Waals surface area contributed by atoms with Gasteiger partial charge in [0.05, 0.1) is 0 Å². The van der Waals surface area contributed by atoms with Crippen molar-refractivity contribution >= 4 is 5.57 Å². The molecule has 0 atom stereocenters. The second kappa shape index (κ2) is 2.41. The maximum absolute atomic E-state index is 5.36. The lowest BCUT2D eigenvalue weighted by Crippen LogP contribution is -1.76. The van der Waals surface area contributed by atoms with Crippen LogP contribution in [0.2, 0.25) is 0 Å². The molecule has 0 aliphatic heterocycles. The highest BCUT2D eigenvalue weighted by Crippen LogP contribution is 2.30. The Morgan fingerprint density at radius 3 is 2.82 bits per heavy atom. The van der Waals surface area contributed by atoms with Crippen LogP contribution in [-0.2, 0) is 6.42 Å². The average Bonchev–Trinajstić information content (AvgIpc) is 2.47. The molecule has 0 N–H and O–H groups in total. The molecule has 0 saturated carbocycles. The summed E-state index contributed by atoms with van der Waals surface area (Å²) in [4.78, 5) is 0. The van der Waals surface area contributed by atoms with Gasteiger partial charge in [-0.25, -0.2) is 0 Å². The van der Waals surface area contributed by atoms with Crippen LogP contribution in [0.25, 0.3) is 5.57 Å². The molecule has 0 fully saturated rings. The van der Waals surface area contributed by atoms with Crippen LogP contribution in [0.4, 0.5) is 0 Å². The normalized spacial score (nSPS) is 14.4. The van der Waals surface area contributed by atoms with Gasteiger partial charge in [0.1, 0.15) is 0 Å². The van der Waals surface area contributed by atoms with Crippen LogP contribution in [0.3, 0.4) is 0 Å². The first-order chi connectivity index (χ1) is 5.42. The minimum absolute atomic E-state index is 1.05. The van der Waals surface area contributed by atoms with E-state index >= 15 is 0 Å². The molecule has 1 aromatic carbocycles. The summed E-state index contributed by atoms with van der Waals surface area (Å²) >= 11 is 0. The number of benzene rings is 1. The summed E-state index contributed by atoms with van der Waals surface area (Å²) in [7, 11) is 0. The number of hydrogen-bond acceptors (Lipinski definition) is 0. The molecule has 11 heavy (non-hydrogen) atoms. The molecule has 0 heteroatoms. The van der Waals surface area contributed by atoms with Crippen molar-refractivity contribution in [3.05, 3.63) is 47.7 Å². The zero-order valence-electron chi connectivity index (χ0n) is 6.30. The van der Waals surface area contributed by atoms with Crippen molar-refractivity contribution in [2.75, 3.05) is 0 Å². The second-order valence-corrected chi connectivity index (χ2v) is 2.78. The minimum Gasteiger partial charge on any atom is -0.116 e. The predicted octanol–water partition coefficient (Wildman–Crippen LogP) is 2.60. The highest BCUT2D eigenvalue weighted by atomic mass is 14.2. The van der Waals surface area contributed by atoms with Crippen molar-refractivity contribution in [3.63, 3.8) is 0 Å². The molecule has 1 radical (unpaired) electrons. The van der Waals surface area contributed by atoms with Crippen LogP contribution in [0.15, 0.2) is 30.0 Å². The van der Waals surface area contributed by atoms with E-state index in [4.69, 9.17) is 6.58 Å². The van der Waals surface area contributed by atoms with E-state index in [1.54, 1.807) is 0 Å². The molecule has 0 spiro atoms. The summed E-state index contributed by atoms with van der Waals surface area (Å²) < 4.78 is 0. The molecular formula is C11H9. The monoisotopic (exact) mass is 141 g/mol. The van der Waals surface area contributed by atoms with Crippen molar-refractivity contribution < 1.29 is 0 Å². The molecule has 0 bridgehead atoms. The van der Waals surface area contributed by atoms with E-state index in [0.717, 1.165) is 12.8 Å². The molecule has 53 valence electrons. The number of allylic oxidation sites excluding steroid dienone is 1. The Morgan fingerprint density at radius 2 is 2.00 bits per heavy atom. The van der Waals surface area contributed by atoms with Gasteiger partial charge < -0.3 is 0 Å². The fraction of sp³-hybridized carbons (Fsp3) is 0.182. The van der Waals surface area contributed by atoms with E-state index in [-0.39, 0.29) is 0 Å². The van der Waals surface area contributed by atoms with Crippen LogP contribution in [0, 0.1) is 6.58 Å². The fourth-order valence-corrected chi connectivity index (χ4v) is 1.58. The standard InChI is InChI=1S/C11H9/c1-2-9-7-8-10-5-3-4-6-11(9)10/h1,3-6H,7-8H2. The Labute approximate surface area is 66.9 Å². The van der Waals surface area contributed by atoms with Crippen LogP contribution in [-0.4, -0.2) is 0 Å². The molecule has 2 rings (SSSR count). The van der Waals surface area contributed by atoms with E-state index in [9.17, 15) is 0 Å². The van der Waals surface area contributed by atoms with Gasteiger partial charge in [0.15, 0.2) is 0 Å². The van der Waals surface area contributed by atoms with Gasteiger partial charge in [-0.2, -0.15) is 0 Å². The van der Waals surface area contributed by atoms with E-state index in [1.165, 1.54) is 16.7 Å². The highest BCUT2D eigenvalue weighted by molar-refractivity contribution is 5.71. The first-order valence-electron chi connectivity index (χ1n) is 3.82. The summed E-state index contributed by atoms with van der Waals surface area (Å²) in [5.74, 6) is 0. The number of fused-ring (bicyclic) bond motifs is 1. The lowest BCUT2D eigenvalue weighted by atomic mass is 10.1. The average molecular weight is 141 g/mol. The lowest BCUT2D eigenvalue weighted by molar-refractivity contribution is 1.08. The zero-order valence-corrected chi connectivity index (χ0v) is 6.30. The first-order valence-corrected chi connectivity index (χ1v) is 3.82. The molecule has 0 unspecified atom stereocenters. The quantitative estimate of drug-likeness (QED) is 0.487. The summed E-state index contributed by atoms with van der Waals surface area (Å²) in [5, 5.41) is 0. The van der Waals surface area contributed by atoms with Gasteiger partial charge in [-0.1, -0.05) is 24.3 Å². The molecule has 0 nitrogen and oxygen atoms in total. The zero-order chi connectivity index (χ0) is 7.68. The third-order valence-corrected chi connectivity index (χ3v) is 2.16. The van der Waals surface area contributed by atoms with Crippen LogP contribution in [0.5, 0.6) is 0 Å². The van der Waals surface area contributed by atoms with E-state index in [2.05, 4.69) is 23.9 Å². The fourth-order valence-electron chi connectivity index (χ4n) is 1.58. The smallest absolute Gasteiger partial charge is 0.00183 e. The van der Waals surface area contributed by atoms with E-state index < -0.39 is 0 Å². The molecule has 0 amide bonds. The Bertz CT molecular complexity index is 328.